The molecule has 0 aliphatic heterocycles. The second-order valence-corrected chi connectivity index (χ2v) is 4.11. The Morgan fingerprint density at radius 3 is 2.94 bits per heavy atom. The number of imidazole rings is 1. The Bertz CT molecular complexity index is 547. The van der Waals surface area contributed by atoms with Gasteiger partial charge in [0.25, 0.3) is 5.91 Å². The molecule has 1 amide bonds. The lowest BCUT2D eigenvalue weighted by Crippen LogP contribution is -2.13. The smallest absolute Gasteiger partial charge is 0.275 e. The number of rotatable bonds is 4. The van der Waals surface area contributed by atoms with Gasteiger partial charge in [-0.25, -0.2) is 4.98 Å². The van der Waals surface area contributed by atoms with E-state index < -0.39 is 0 Å². The summed E-state index contributed by atoms with van der Waals surface area (Å²) in [7, 11) is 3.72. The number of nitrogens with zero attached hydrogens (tertiary/aromatic N) is 2. The molecule has 94 valence electrons. The number of aryl methyl sites for hydroxylation is 1. The molecule has 2 N–H and O–H groups in total. The molecule has 1 aromatic heterocycles. The number of aromatic nitrogens is 2. The van der Waals surface area contributed by atoms with Gasteiger partial charge in [0.15, 0.2) is 0 Å². The number of hydrogen-bond acceptors (Lipinski definition) is 3. The fourth-order valence-electron chi connectivity index (χ4n) is 1.69. The summed E-state index contributed by atoms with van der Waals surface area (Å²) in [5.74, 6) is -0.197. The maximum absolute atomic E-state index is 11.9. The number of anilines is 1. The number of amides is 1. The molecule has 18 heavy (non-hydrogen) atoms. The Balaban J connectivity index is 2.09. The van der Waals surface area contributed by atoms with Crippen molar-refractivity contribution in [3.8, 4) is 0 Å². The number of hydrogen-bond donors (Lipinski definition) is 2. The molecule has 0 aliphatic carbocycles. The molecule has 0 saturated carbocycles. The number of carbonyl (C=O) groups excluding carboxylic acids is 1. The molecule has 0 radical (unpaired) electrons. The van der Waals surface area contributed by atoms with Crippen molar-refractivity contribution in [1.82, 2.24) is 14.9 Å². The topological polar surface area (TPSA) is 58.9 Å². The van der Waals surface area contributed by atoms with Gasteiger partial charge in [-0.1, -0.05) is 12.1 Å². The van der Waals surface area contributed by atoms with E-state index >= 15 is 0 Å². The van der Waals surface area contributed by atoms with Gasteiger partial charge in [-0.15, -0.1) is 0 Å². The van der Waals surface area contributed by atoms with Gasteiger partial charge in [0, 0.05) is 25.5 Å². The van der Waals surface area contributed by atoms with Crippen molar-refractivity contribution in [3.63, 3.8) is 0 Å². The number of carbonyl (C=O) groups is 1. The van der Waals surface area contributed by atoms with Gasteiger partial charge >= 0.3 is 0 Å². The molecule has 0 bridgehead atoms. The Hall–Kier alpha value is -2.14. The molecule has 0 atom stereocenters. The third-order valence-corrected chi connectivity index (χ3v) is 2.50. The van der Waals surface area contributed by atoms with Gasteiger partial charge in [-0.3, -0.25) is 4.79 Å². The van der Waals surface area contributed by atoms with Gasteiger partial charge in [0.1, 0.15) is 5.69 Å². The highest BCUT2D eigenvalue weighted by molar-refractivity contribution is 6.02. The molecule has 1 heterocycles. The molecule has 2 aromatic rings. The van der Waals surface area contributed by atoms with E-state index in [4.69, 9.17) is 0 Å². The van der Waals surface area contributed by atoms with Crippen LogP contribution in [0.4, 0.5) is 5.69 Å². The van der Waals surface area contributed by atoms with E-state index in [9.17, 15) is 4.79 Å². The first-order valence-corrected chi connectivity index (χ1v) is 5.72. The summed E-state index contributed by atoms with van der Waals surface area (Å²) in [6.07, 6.45) is 3.29. The van der Waals surface area contributed by atoms with E-state index in [2.05, 4.69) is 15.6 Å². The minimum atomic E-state index is -0.197. The second kappa shape index (κ2) is 5.46. The van der Waals surface area contributed by atoms with Crippen LogP contribution in [0.2, 0.25) is 0 Å². The largest absolute Gasteiger partial charge is 0.340 e. The summed E-state index contributed by atoms with van der Waals surface area (Å²) in [5.41, 5.74) is 2.31. The van der Waals surface area contributed by atoms with Crippen LogP contribution in [0.1, 0.15) is 16.1 Å². The quantitative estimate of drug-likeness (QED) is 0.854. The predicted octanol–water partition coefficient (Wildman–Crippen LogP) is 1.39. The summed E-state index contributed by atoms with van der Waals surface area (Å²) >= 11 is 0. The Morgan fingerprint density at radius 2 is 2.28 bits per heavy atom. The monoisotopic (exact) mass is 244 g/mol. The fourth-order valence-corrected chi connectivity index (χ4v) is 1.69. The van der Waals surface area contributed by atoms with Crippen LogP contribution in [0.3, 0.4) is 0 Å². The van der Waals surface area contributed by atoms with E-state index in [0.29, 0.717) is 5.69 Å². The summed E-state index contributed by atoms with van der Waals surface area (Å²) in [4.78, 5) is 15.9. The van der Waals surface area contributed by atoms with Gasteiger partial charge < -0.3 is 15.2 Å². The normalized spacial score (nSPS) is 10.3. The van der Waals surface area contributed by atoms with Gasteiger partial charge in [0.05, 0.1) is 6.33 Å². The molecule has 0 spiro atoms. The van der Waals surface area contributed by atoms with Crippen LogP contribution in [0, 0.1) is 0 Å². The minimum Gasteiger partial charge on any atom is -0.340 e. The molecule has 0 unspecified atom stereocenters. The van der Waals surface area contributed by atoms with Crippen molar-refractivity contribution in [1.29, 1.82) is 0 Å². The third kappa shape index (κ3) is 2.95. The zero-order chi connectivity index (χ0) is 13.0. The minimum absolute atomic E-state index is 0.197. The first-order chi connectivity index (χ1) is 8.69. The molecule has 2 rings (SSSR count). The van der Waals surface area contributed by atoms with Gasteiger partial charge in [0.2, 0.25) is 0 Å². The average molecular weight is 244 g/mol. The third-order valence-electron chi connectivity index (χ3n) is 2.50. The van der Waals surface area contributed by atoms with Crippen molar-refractivity contribution in [2.45, 2.75) is 6.54 Å². The molecular formula is C13H16N4O. The maximum Gasteiger partial charge on any atom is 0.275 e. The van der Waals surface area contributed by atoms with Crippen molar-refractivity contribution < 1.29 is 4.79 Å². The van der Waals surface area contributed by atoms with Gasteiger partial charge in [-0.2, -0.15) is 0 Å². The van der Waals surface area contributed by atoms with Crippen LogP contribution in [0.25, 0.3) is 0 Å². The zero-order valence-electron chi connectivity index (χ0n) is 10.5. The Labute approximate surface area is 106 Å². The van der Waals surface area contributed by atoms with Crippen LogP contribution in [-0.4, -0.2) is 22.5 Å². The maximum atomic E-state index is 11.9. The Kier molecular flexibility index (Phi) is 3.74. The lowest BCUT2D eigenvalue weighted by molar-refractivity contribution is 0.102. The zero-order valence-corrected chi connectivity index (χ0v) is 10.5. The van der Waals surface area contributed by atoms with E-state index in [1.165, 1.54) is 0 Å². The molecule has 0 aliphatic rings. The van der Waals surface area contributed by atoms with E-state index in [1.807, 2.05) is 38.4 Å². The highest BCUT2D eigenvalue weighted by Gasteiger charge is 2.08. The van der Waals surface area contributed by atoms with Crippen molar-refractivity contribution >= 4 is 11.6 Å². The molecule has 1 aromatic carbocycles. The van der Waals surface area contributed by atoms with Crippen LogP contribution < -0.4 is 10.6 Å². The number of benzene rings is 1. The lowest BCUT2D eigenvalue weighted by atomic mass is 10.2. The molecule has 5 nitrogen and oxygen atoms in total. The fraction of sp³-hybridized carbons (Fsp3) is 0.231. The van der Waals surface area contributed by atoms with Crippen molar-refractivity contribution in [2.24, 2.45) is 7.05 Å². The highest BCUT2D eigenvalue weighted by Crippen LogP contribution is 2.11. The van der Waals surface area contributed by atoms with Crippen LogP contribution >= 0.6 is 0 Å². The summed E-state index contributed by atoms with van der Waals surface area (Å²) in [5, 5.41) is 5.90. The predicted molar refractivity (Wildman–Crippen MR) is 70.4 cm³/mol. The first-order valence-electron chi connectivity index (χ1n) is 5.72. The molecule has 0 saturated heterocycles. The van der Waals surface area contributed by atoms with Crippen LogP contribution in [-0.2, 0) is 13.6 Å². The van der Waals surface area contributed by atoms with E-state index in [1.54, 1.807) is 17.1 Å². The molecular weight excluding hydrogens is 228 g/mol. The van der Waals surface area contributed by atoms with Crippen LogP contribution in [0.5, 0.6) is 0 Å². The summed E-state index contributed by atoms with van der Waals surface area (Å²) in [6.45, 7) is 0.771. The lowest BCUT2D eigenvalue weighted by Gasteiger charge is -2.05. The van der Waals surface area contributed by atoms with Gasteiger partial charge in [-0.05, 0) is 24.7 Å². The first kappa shape index (κ1) is 12.3. The van der Waals surface area contributed by atoms with E-state index in [0.717, 1.165) is 17.8 Å². The second-order valence-electron chi connectivity index (χ2n) is 4.11. The summed E-state index contributed by atoms with van der Waals surface area (Å²) in [6, 6.07) is 7.73. The SMILES string of the molecule is CNCc1cccc(NC(=O)c2cn(C)cn2)c1. The standard InChI is InChI=1S/C13H16N4O/c1-14-7-10-4-3-5-11(6-10)16-13(18)12-8-17(2)9-15-12/h3-6,8-9,14H,7H2,1-2H3,(H,16,18). The number of nitrogens with one attached hydrogen (secondary N) is 2. The average Bonchev–Trinajstić information content (AvgIpc) is 2.77. The summed E-state index contributed by atoms with van der Waals surface area (Å²) < 4.78 is 1.74. The van der Waals surface area contributed by atoms with Crippen molar-refractivity contribution in [2.75, 3.05) is 12.4 Å². The van der Waals surface area contributed by atoms with Crippen LogP contribution in [0.15, 0.2) is 36.8 Å². The van der Waals surface area contributed by atoms with E-state index in [-0.39, 0.29) is 5.91 Å². The highest BCUT2D eigenvalue weighted by atomic mass is 16.1. The van der Waals surface area contributed by atoms with Crippen molar-refractivity contribution in [3.05, 3.63) is 48.0 Å². The molecule has 5 heteroatoms. The Morgan fingerprint density at radius 1 is 1.44 bits per heavy atom. The molecule has 0 fully saturated rings.